The average molecular weight is 430 g/mol. The Morgan fingerprint density at radius 1 is 1.22 bits per heavy atom. The van der Waals surface area contributed by atoms with Crippen LogP contribution in [0.3, 0.4) is 0 Å². The molecule has 0 spiro atoms. The quantitative estimate of drug-likeness (QED) is 0.747. The number of hydrogen-bond donors (Lipinski definition) is 1. The molecule has 27 heavy (non-hydrogen) atoms. The monoisotopic (exact) mass is 428 g/mol. The molecule has 1 fully saturated rings. The molecule has 146 valence electrons. The van der Waals surface area contributed by atoms with Gasteiger partial charge in [-0.05, 0) is 37.9 Å². The van der Waals surface area contributed by atoms with Gasteiger partial charge in [0.25, 0.3) is 5.91 Å². The summed E-state index contributed by atoms with van der Waals surface area (Å²) >= 11 is 12.4. The van der Waals surface area contributed by atoms with Crippen LogP contribution < -0.4 is 10.5 Å². The molecule has 1 heterocycles. The molecule has 2 aromatic rings. The van der Waals surface area contributed by atoms with E-state index in [-0.39, 0.29) is 24.4 Å². The molecule has 3 unspecified atom stereocenters. The molecule has 2 aromatic carbocycles. The Hall–Kier alpha value is -1.46. The fourth-order valence-corrected chi connectivity index (χ4v) is 3.70. The van der Waals surface area contributed by atoms with Crippen molar-refractivity contribution in [2.24, 2.45) is 11.7 Å². The van der Waals surface area contributed by atoms with E-state index in [1.165, 1.54) is 0 Å². The highest BCUT2D eigenvalue weighted by Crippen LogP contribution is 2.36. The molecule has 0 aromatic heterocycles. The van der Waals surface area contributed by atoms with Crippen LogP contribution in [0.5, 0.6) is 5.75 Å². The van der Waals surface area contributed by atoms with E-state index >= 15 is 0 Å². The van der Waals surface area contributed by atoms with Gasteiger partial charge in [0.1, 0.15) is 10.8 Å². The van der Waals surface area contributed by atoms with E-state index in [2.05, 4.69) is 0 Å². The van der Waals surface area contributed by atoms with Gasteiger partial charge in [-0.3, -0.25) is 4.79 Å². The second-order valence-corrected chi connectivity index (χ2v) is 7.42. The standard InChI is InChI=1S/C20H22Cl2N2O2.ClH/c1-13-10-14(11-23)12-24(13)20(25)19(15-6-3-2-4-7-15)26-17-9-5-8-16(21)18(17)22;/h2-9,13-14,19H,10-12,23H2,1H3;1H. The van der Waals surface area contributed by atoms with Crippen LogP contribution in [0.2, 0.25) is 10.0 Å². The number of hydrogen-bond acceptors (Lipinski definition) is 3. The lowest BCUT2D eigenvalue weighted by atomic mass is 10.1. The summed E-state index contributed by atoms with van der Waals surface area (Å²) in [5.74, 6) is 0.624. The highest BCUT2D eigenvalue weighted by Gasteiger charge is 2.37. The molecule has 1 aliphatic rings. The smallest absolute Gasteiger partial charge is 0.268 e. The number of likely N-dealkylation sites (tertiary alicyclic amines) is 1. The van der Waals surface area contributed by atoms with Crippen LogP contribution in [0.15, 0.2) is 48.5 Å². The van der Waals surface area contributed by atoms with E-state index in [4.69, 9.17) is 33.7 Å². The molecule has 0 radical (unpaired) electrons. The van der Waals surface area contributed by atoms with Crippen LogP contribution in [0.1, 0.15) is 25.0 Å². The van der Waals surface area contributed by atoms with Gasteiger partial charge >= 0.3 is 0 Å². The van der Waals surface area contributed by atoms with Crippen molar-refractivity contribution in [2.45, 2.75) is 25.5 Å². The maximum absolute atomic E-state index is 13.3. The van der Waals surface area contributed by atoms with E-state index in [0.717, 1.165) is 12.0 Å². The molecule has 1 saturated heterocycles. The van der Waals surface area contributed by atoms with Gasteiger partial charge in [0.05, 0.1) is 5.02 Å². The number of nitrogens with zero attached hydrogens (tertiary/aromatic N) is 1. The predicted molar refractivity (Wildman–Crippen MR) is 112 cm³/mol. The van der Waals surface area contributed by atoms with Crippen molar-refractivity contribution >= 4 is 41.5 Å². The molecule has 1 amide bonds. The average Bonchev–Trinajstić information content (AvgIpc) is 3.04. The van der Waals surface area contributed by atoms with Gasteiger partial charge in [-0.25, -0.2) is 0 Å². The van der Waals surface area contributed by atoms with Crippen molar-refractivity contribution in [3.63, 3.8) is 0 Å². The fraction of sp³-hybridized carbons (Fsp3) is 0.350. The summed E-state index contributed by atoms with van der Waals surface area (Å²) in [7, 11) is 0. The predicted octanol–water partition coefficient (Wildman–Crippen LogP) is 4.73. The third-order valence-corrected chi connectivity index (χ3v) is 5.57. The molecule has 0 bridgehead atoms. The maximum Gasteiger partial charge on any atom is 0.268 e. The number of amides is 1. The van der Waals surface area contributed by atoms with Gasteiger partial charge in [-0.15, -0.1) is 12.4 Å². The van der Waals surface area contributed by atoms with Crippen molar-refractivity contribution in [3.05, 3.63) is 64.1 Å². The van der Waals surface area contributed by atoms with E-state index in [1.54, 1.807) is 18.2 Å². The number of halogens is 3. The van der Waals surface area contributed by atoms with E-state index in [9.17, 15) is 4.79 Å². The second-order valence-electron chi connectivity index (χ2n) is 6.64. The lowest BCUT2D eigenvalue weighted by molar-refractivity contribution is -0.139. The molecular formula is C20H23Cl3N2O2. The molecule has 3 rings (SSSR count). The second kappa shape index (κ2) is 9.65. The first-order valence-electron chi connectivity index (χ1n) is 8.67. The lowest BCUT2D eigenvalue weighted by Crippen LogP contribution is -2.39. The van der Waals surface area contributed by atoms with Crippen LogP contribution in [-0.4, -0.2) is 29.9 Å². The summed E-state index contributed by atoms with van der Waals surface area (Å²) in [6.07, 6.45) is 0.118. The number of carbonyl (C=O) groups is 1. The minimum atomic E-state index is -0.786. The highest BCUT2D eigenvalue weighted by molar-refractivity contribution is 6.42. The Balaban J connectivity index is 0.00000261. The Kier molecular flexibility index (Phi) is 7.80. The van der Waals surface area contributed by atoms with Gasteiger partial charge in [-0.2, -0.15) is 0 Å². The molecule has 1 aliphatic heterocycles. The first-order valence-corrected chi connectivity index (χ1v) is 9.43. The Morgan fingerprint density at radius 2 is 1.93 bits per heavy atom. The third kappa shape index (κ3) is 4.88. The van der Waals surface area contributed by atoms with Crippen molar-refractivity contribution in [1.82, 2.24) is 4.90 Å². The Labute approximate surface area is 176 Å². The summed E-state index contributed by atoms with van der Waals surface area (Å²) < 4.78 is 6.06. The molecule has 0 saturated carbocycles. The van der Waals surface area contributed by atoms with Crippen LogP contribution in [0.4, 0.5) is 0 Å². The first kappa shape index (κ1) is 21.8. The fourth-order valence-electron chi connectivity index (χ4n) is 3.36. The molecule has 2 N–H and O–H groups in total. The first-order chi connectivity index (χ1) is 12.5. The third-order valence-electron chi connectivity index (χ3n) is 4.77. The van der Waals surface area contributed by atoms with Gasteiger partial charge < -0.3 is 15.4 Å². The van der Waals surface area contributed by atoms with Crippen LogP contribution >= 0.6 is 35.6 Å². The summed E-state index contributed by atoms with van der Waals surface area (Å²) in [5.41, 5.74) is 6.58. The maximum atomic E-state index is 13.3. The van der Waals surface area contributed by atoms with Gasteiger partial charge in [0, 0.05) is 18.2 Å². The summed E-state index contributed by atoms with van der Waals surface area (Å²) in [6, 6.07) is 14.7. The molecule has 7 heteroatoms. The van der Waals surface area contributed by atoms with Crippen molar-refractivity contribution in [3.8, 4) is 5.75 Å². The number of benzene rings is 2. The summed E-state index contributed by atoms with van der Waals surface area (Å²) in [6.45, 7) is 3.26. The van der Waals surface area contributed by atoms with E-state index in [1.807, 2.05) is 42.2 Å². The summed E-state index contributed by atoms with van der Waals surface area (Å²) in [4.78, 5) is 15.2. The minimum absolute atomic E-state index is 0. The number of ether oxygens (including phenoxy) is 1. The molecule has 3 atom stereocenters. The normalized spacial score (nSPS) is 20.1. The largest absolute Gasteiger partial charge is 0.474 e. The van der Waals surface area contributed by atoms with Crippen LogP contribution in [-0.2, 0) is 4.79 Å². The van der Waals surface area contributed by atoms with Crippen molar-refractivity contribution in [1.29, 1.82) is 0 Å². The van der Waals surface area contributed by atoms with Gasteiger partial charge in [0.15, 0.2) is 0 Å². The zero-order valence-corrected chi connectivity index (χ0v) is 17.3. The van der Waals surface area contributed by atoms with E-state index < -0.39 is 6.10 Å². The zero-order chi connectivity index (χ0) is 18.7. The molecule has 4 nitrogen and oxygen atoms in total. The van der Waals surface area contributed by atoms with Gasteiger partial charge in [0.2, 0.25) is 6.10 Å². The molecular weight excluding hydrogens is 407 g/mol. The topological polar surface area (TPSA) is 55.6 Å². The van der Waals surface area contributed by atoms with Crippen LogP contribution in [0, 0.1) is 5.92 Å². The van der Waals surface area contributed by atoms with Crippen molar-refractivity contribution in [2.75, 3.05) is 13.1 Å². The van der Waals surface area contributed by atoms with Crippen molar-refractivity contribution < 1.29 is 9.53 Å². The Bertz CT molecular complexity index is 773. The van der Waals surface area contributed by atoms with E-state index in [0.29, 0.717) is 34.8 Å². The van der Waals surface area contributed by atoms with Crippen LogP contribution in [0.25, 0.3) is 0 Å². The number of rotatable bonds is 5. The Morgan fingerprint density at radius 3 is 2.56 bits per heavy atom. The van der Waals surface area contributed by atoms with Gasteiger partial charge in [-0.1, -0.05) is 59.6 Å². The number of carbonyl (C=O) groups excluding carboxylic acids is 1. The minimum Gasteiger partial charge on any atom is -0.474 e. The lowest BCUT2D eigenvalue weighted by Gasteiger charge is -2.28. The molecule has 0 aliphatic carbocycles. The zero-order valence-electron chi connectivity index (χ0n) is 15.0. The SMILES string of the molecule is CC1CC(CN)CN1C(=O)C(Oc1cccc(Cl)c1Cl)c1ccccc1.Cl. The number of nitrogens with two attached hydrogens (primary N) is 1. The summed E-state index contributed by atoms with van der Waals surface area (Å²) in [5, 5.41) is 0.693. The highest BCUT2D eigenvalue weighted by atomic mass is 35.5.